The van der Waals surface area contributed by atoms with E-state index in [9.17, 15) is 4.79 Å². The van der Waals surface area contributed by atoms with Gasteiger partial charge in [-0.15, -0.1) is 0 Å². The highest BCUT2D eigenvalue weighted by atomic mass is 16.1. The van der Waals surface area contributed by atoms with E-state index in [4.69, 9.17) is 0 Å². The molecule has 0 spiro atoms. The quantitative estimate of drug-likeness (QED) is 0.732. The van der Waals surface area contributed by atoms with Crippen molar-refractivity contribution >= 4 is 5.78 Å². The summed E-state index contributed by atoms with van der Waals surface area (Å²) in [6.07, 6.45) is 4.44. The van der Waals surface area contributed by atoms with E-state index in [0.717, 1.165) is 17.0 Å². The average molecular weight is 264 g/mol. The zero-order valence-electron chi connectivity index (χ0n) is 11.9. The van der Waals surface area contributed by atoms with Crippen molar-refractivity contribution in [1.29, 1.82) is 0 Å². The fourth-order valence-corrected chi connectivity index (χ4v) is 2.79. The number of hydrogen-bond acceptors (Lipinski definition) is 1. The predicted octanol–water partition coefficient (Wildman–Crippen LogP) is 4.69. The molecule has 1 nitrogen and oxygen atoms in total. The first-order valence-corrected chi connectivity index (χ1v) is 7.41. The van der Waals surface area contributed by atoms with Crippen molar-refractivity contribution < 1.29 is 4.79 Å². The Morgan fingerprint density at radius 1 is 1.10 bits per heavy atom. The van der Waals surface area contributed by atoms with Crippen molar-refractivity contribution in [1.82, 2.24) is 0 Å². The third-order valence-corrected chi connectivity index (χ3v) is 4.26. The second-order valence-corrected chi connectivity index (χ2v) is 5.84. The van der Waals surface area contributed by atoms with E-state index >= 15 is 0 Å². The van der Waals surface area contributed by atoms with Crippen LogP contribution in [-0.2, 0) is 6.42 Å². The molecule has 0 heterocycles. The molecule has 3 rings (SSSR count). The minimum absolute atomic E-state index is 0.204. The summed E-state index contributed by atoms with van der Waals surface area (Å²) in [6.45, 7) is 2.06. The molecule has 2 aromatic carbocycles. The lowest BCUT2D eigenvalue weighted by molar-refractivity contribution is 0.0993. The van der Waals surface area contributed by atoms with Crippen molar-refractivity contribution in [2.45, 2.75) is 38.5 Å². The Bertz CT molecular complexity index is 606. The minimum Gasteiger partial charge on any atom is -0.294 e. The summed E-state index contributed by atoms with van der Waals surface area (Å²) in [7, 11) is 0. The second kappa shape index (κ2) is 5.62. The molecular weight excluding hydrogens is 244 g/mol. The molecule has 1 heteroatoms. The van der Waals surface area contributed by atoms with Crippen LogP contribution < -0.4 is 0 Å². The van der Waals surface area contributed by atoms with Crippen molar-refractivity contribution in [2.24, 2.45) is 0 Å². The zero-order chi connectivity index (χ0) is 13.9. The zero-order valence-corrected chi connectivity index (χ0v) is 11.9. The molecule has 0 aliphatic heterocycles. The van der Waals surface area contributed by atoms with Gasteiger partial charge in [-0.3, -0.25) is 4.79 Å². The number of ketones is 1. The highest BCUT2D eigenvalue weighted by molar-refractivity contribution is 5.97. The fourth-order valence-electron chi connectivity index (χ4n) is 2.79. The second-order valence-electron chi connectivity index (χ2n) is 5.84. The number of Topliss-reactive ketones (excluding diaryl/α,β-unsaturated/α-hetero) is 1. The largest absolute Gasteiger partial charge is 0.294 e. The Labute approximate surface area is 120 Å². The van der Waals surface area contributed by atoms with Gasteiger partial charge in [0.15, 0.2) is 5.78 Å². The maximum atomic E-state index is 12.3. The summed E-state index contributed by atoms with van der Waals surface area (Å²) in [5.74, 6) is 0.937. The van der Waals surface area contributed by atoms with Gasteiger partial charge in [0.05, 0.1) is 0 Å². The Morgan fingerprint density at radius 3 is 2.45 bits per heavy atom. The topological polar surface area (TPSA) is 17.1 Å². The van der Waals surface area contributed by atoms with Gasteiger partial charge in [0, 0.05) is 12.0 Å². The van der Waals surface area contributed by atoms with E-state index < -0.39 is 0 Å². The van der Waals surface area contributed by atoms with Crippen LogP contribution in [0.25, 0.3) is 0 Å². The van der Waals surface area contributed by atoms with Crippen molar-refractivity contribution in [3.8, 4) is 0 Å². The Morgan fingerprint density at radius 2 is 1.85 bits per heavy atom. The van der Waals surface area contributed by atoms with Crippen LogP contribution in [0.4, 0.5) is 0 Å². The van der Waals surface area contributed by atoms with E-state index in [-0.39, 0.29) is 5.78 Å². The van der Waals surface area contributed by atoms with E-state index in [1.165, 1.54) is 30.4 Å². The lowest BCUT2D eigenvalue weighted by Gasteiger charge is -2.25. The number of carbonyl (C=O) groups excluding carboxylic acids is 1. The maximum absolute atomic E-state index is 12.3. The molecule has 2 aromatic rings. The molecule has 1 fully saturated rings. The van der Waals surface area contributed by atoms with Crippen LogP contribution in [-0.4, -0.2) is 5.78 Å². The molecule has 102 valence electrons. The molecule has 0 N–H and O–H groups in total. The van der Waals surface area contributed by atoms with Crippen molar-refractivity contribution in [3.63, 3.8) is 0 Å². The predicted molar refractivity (Wildman–Crippen MR) is 82.2 cm³/mol. The molecule has 0 unspecified atom stereocenters. The molecule has 0 aromatic heterocycles. The van der Waals surface area contributed by atoms with E-state index in [1.807, 2.05) is 24.3 Å². The molecule has 0 bridgehead atoms. The molecule has 20 heavy (non-hydrogen) atoms. The Balaban J connectivity index is 1.70. The van der Waals surface area contributed by atoms with Crippen molar-refractivity contribution in [2.75, 3.05) is 0 Å². The van der Waals surface area contributed by atoms with Crippen LogP contribution in [0.3, 0.4) is 0 Å². The van der Waals surface area contributed by atoms with Crippen LogP contribution in [0.1, 0.15) is 52.2 Å². The van der Waals surface area contributed by atoms with Gasteiger partial charge < -0.3 is 0 Å². The lowest BCUT2D eigenvalue weighted by atomic mass is 9.80. The van der Waals surface area contributed by atoms with Gasteiger partial charge in [-0.1, -0.05) is 60.5 Å². The SMILES string of the molecule is Cc1cccc(CC(=O)c2ccc(C3CCC3)cc2)c1. The monoisotopic (exact) mass is 264 g/mol. The lowest BCUT2D eigenvalue weighted by Crippen LogP contribution is -2.09. The maximum Gasteiger partial charge on any atom is 0.167 e. The normalized spacial score (nSPS) is 14.8. The molecule has 0 saturated heterocycles. The Kier molecular flexibility index (Phi) is 3.68. The van der Waals surface area contributed by atoms with Crippen LogP contribution in [0.5, 0.6) is 0 Å². The highest BCUT2D eigenvalue weighted by Gasteiger charge is 2.19. The minimum atomic E-state index is 0.204. The number of carbonyl (C=O) groups is 1. The van der Waals surface area contributed by atoms with Gasteiger partial charge in [-0.25, -0.2) is 0 Å². The number of aryl methyl sites for hydroxylation is 1. The summed E-state index contributed by atoms with van der Waals surface area (Å²) >= 11 is 0. The van der Waals surface area contributed by atoms with Crippen molar-refractivity contribution in [3.05, 3.63) is 70.8 Å². The van der Waals surface area contributed by atoms with Gasteiger partial charge in [0.1, 0.15) is 0 Å². The molecule has 1 aliphatic carbocycles. The van der Waals surface area contributed by atoms with Crippen LogP contribution >= 0.6 is 0 Å². The number of rotatable bonds is 4. The van der Waals surface area contributed by atoms with Crippen LogP contribution in [0.2, 0.25) is 0 Å². The Hall–Kier alpha value is -1.89. The summed E-state index contributed by atoms with van der Waals surface area (Å²) < 4.78 is 0. The molecular formula is C19H20O. The first-order valence-electron chi connectivity index (χ1n) is 7.41. The molecule has 1 aliphatic rings. The molecule has 0 radical (unpaired) electrons. The fraction of sp³-hybridized carbons (Fsp3) is 0.316. The van der Waals surface area contributed by atoms with Gasteiger partial charge in [0.2, 0.25) is 0 Å². The first-order chi connectivity index (χ1) is 9.72. The highest BCUT2D eigenvalue weighted by Crippen LogP contribution is 2.36. The van der Waals surface area contributed by atoms with Crippen LogP contribution in [0.15, 0.2) is 48.5 Å². The average Bonchev–Trinajstić information content (AvgIpc) is 2.37. The third-order valence-electron chi connectivity index (χ3n) is 4.26. The van der Waals surface area contributed by atoms with Gasteiger partial charge in [-0.05, 0) is 36.8 Å². The summed E-state index contributed by atoms with van der Waals surface area (Å²) in [6, 6.07) is 16.4. The third kappa shape index (κ3) is 2.82. The number of hydrogen-bond donors (Lipinski definition) is 0. The molecule has 0 atom stereocenters. The van der Waals surface area contributed by atoms with E-state index in [1.54, 1.807) is 0 Å². The first kappa shape index (κ1) is 13.1. The standard InChI is InChI=1S/C19H20O/c1-14-4-2-5-15(12-14)13-19(20)18-10-8-17(9-11-18)16-6-3-7-16/h2,4-5,8-12,16H,3,6-7,13H2,1H3. The van der Waals surface area contributed by atoms with Gasteiger partial charge in [0.25, 0.3) is 0 Å². The van der Waals surface area contributed by atoms with E-state index in [0.29, 0.717) is 6.42 Å². The smallest absolute Gasteiger partial charge is 0.167 e. The molecule has 0 amide bonds. The van der Waals surface area contributed by atoms with Gasteiger partial charge in [-0.2, -0.15) is 0 Å². The summed E-state index contributed by atoms with van der Waals surface area (Å²) in [5.41, 5.74) is 4.52. The summed E-state index contributed by atoms with van der Waals surface area (Å²) in [4.78, 5) is 12.3. The number of benzene rings is 2. The van der Waals surface area contributed by atoms with E-state index in [2.05, 4.69) is 31.2 Å². The van der Waals surface area contributed by atoms with Gasteiger partial charge >= 0.3 is 0 Å². The molecule has 1 saturated carbocycles. The van der Waals surface area contributed by atoms with Crippen LogP contribution in [0, 0.1) is 6.92 Å². The summed E-state index contributed by atoms with van der Waals surface area (Å²) in [5, 5.41) is 0.